The van der Waals surface area contributed by atoms with Gasteiger partial charge in [0, 0.05) is 11.8 Å². The second-order valence-corrected chi connectivity index (χ2v) is 5.18. The molecular formula is C13H8ClN3OS. The zero-order valence-corrected chi connectivity index (χ0v) is 11.2. The van der Waals surface area contributed by atoms with Gasteiger partial charge in [-0.3, -0.25) is 8.58 Å². The number of nitrogens with zero attached hydrogens (tertiary/aromatic N) is 3. The van der Waals surface area contributed by atoms with Crippen molar-refractivity contribution >= 4 is 34.7 Å². The fourth-order valence-electron chi connectivity index (χ4n) is 1.59. The van der Waals surface area contributed by atoms with Gasteiger partial charge >= 0.3 is 0 Å². The fraction of sp³-hybridized carbons (Fsp3) is 0. The number of benzene rings is 1. The molecule has 0 aliphatic carbocycles. The summed E-state index contributed by atoms with van der Waals surface area (Å²) < 4.78 is 1.78. The summed E-state index contributed by atoms with van der Waals surface area (Å²) in [5, 5.41) is 0.613. The standard InChI is InChI=1S/C13H8ClN3OS/c14-10-6-7-11-15-13(19-17(11)8-10)16-12(18)9-4-2-1-3-5-9/h1-8H. The van der Waals surface area contributed by atoms with Crippen LogP contribution in [0.3, 0.4) is 0 Å². The molecule has 0 fully saturated rings. The molecule has 0 spiro atoms. The van der Waals surface area contributed by atoms with Crippen LogP contribution in [0.2, 0.25) is 5.02 Å². The molecule has 19 heavy (non-hydrogen) atoms. The fourth-order valence-corrected chi connectivity index (χ4v) is 2.61. The zero-order valence-electron chi connectivity index (χ0n) is 9.65. The molecule has 3 rings (SSSR count). The van der Waals surface area contributed by atoms with Gasteiger partial charge in [0.25, 0.3) is 5.91 Å². The summed E-state index contributed by atoms with van der Waals surface area (Å²) in [6.07, 6.45) is 1.74. The summed E-state index contributed by atoms with van der Waals surface area (Å²) in [7, 11) is 0. The first-order chi connectivity index (χ1) is 9.22. The molecule has 0 bridgehead atoms. The highest BCUT2D eigenvalue weighted by Crippen LogP contribution is 2.10. The van der Waals surface area contributed by atoms with Gasteiger partial charge in [-0.2, -0.15) is 9.98 Å². The van der Waals surface area contributed by atoms with Gasteiger partial charge in [0.05, 0.1) is 5.02 Å². The minimum absolute atomic E-state index is 0.300. The van der Waals surface area contributed by atoms with Gasteiger partial charge in [0.2, 0.25) is 4.80 Å². The van der Waals surface area contributed by atoms with Gasteiger partial charge < -0.3 is 0 Å². The molecule has 0 radical (unpaired) electrons. The normalized spacial score (nSPS) is 11.9. The molecule has 6 heteroatoms. The van der Waals surface area contributed by atoms with Crippen LogP contribution in [0, 0.1) is 0 Å². The van der Waals surface area contributed by atoms with Gasteiger partial charge in [-0.05, 0) is 35.8 Å². The van der Waals surface area contributed by atoms with E-state index in [1.807, 2.05) is 6.07 Å². The number of fused-ring (bicyclic) bond motifs is 1. The van der Waals surface area contributed by atoms with Crippen LogP contribution in [0.1, 0.15) is 10.4 Å². The lowest BCUT2D eigenvalue weighted by molar-refractivity contribution is 0.0998. The Morgan fingerprint density at radius 3 is 2.79 bits per heavy atom. The number of halogens is 1. The lowest BCUT2D eigenvalue weighted by Crippen LogP contribution is -2.04. The van der Waals surface area contributed by atoms with Crippen LogP contribution in [0.15, 0.2) is 53.7 Å². The SMILES string of the molecule is O=C(N=c1nc2ccc(Cl)cn2s1)c1ccccc1. The van der Waals surface area contributed by atoms with Crippen LogP contribution >= 0.6 is 23.1 Å². The molecule has 0 saturated heterocycles. The van der Waals surface area contributed by atoms with Crippen LogP contribution in [0.5, 0.6) is 0 Å². The molecule has 0 aliphatic heterocycles. The average molecular weight is 290 g/mol. The van der Waals surface area contributed by atoms with Crippen molar-refractivity contribution in [2.75, 3.05) is 0 Å². The van der Waals surface area contributed by atoms with Crippen LogP contribution in [0.4, 0.5) is 0 Å². The average Bonchev–Trinajstić information content (AvgIpc) is 2.81. The highest BCUT2D eigenvalue weighted by molar-refractivity contribution is 7.03. The van der Waals surface area contributed by atoms with Gasteiger partial charge in [0.15, 0.2) is 0 Å². The first kappa shape index (κ1) is 12.1. The first-order valence-corrected chi connectivity index (χ1v) is 6.67. The number of rotatable bonds is 1. The molecular weight excluding hydrogens is 282 g/mol. The van der Waals surface area contributed by atoms with Gasteiger partial charge in [-0.15, -0.1) is 0 Å². The molecule has 2 aromatic heterocycles. The van der Waals surface area contributed by atoms with Crippen molar-refractivity contribution in [3.63, 3.8) is 0 Å². The number of carbonyl (C=O) groups excluding carboxylic acids is 1. The van der Waals surface area contributed by atoms with Crippen molar-refractivity contribution in [3.05, 3.63) is 64.0 Å². The van der Waals surface area contributed by atoms with Gasteiger partial charge in [0.1, 0.15) is 5.65 Å². The van der Waals surface area contributed by atoms with E-state index in [1.165, 1.54) is 11.5 Å². The molecule has 1 aromatic carbocycles. The maximum Gasteiger partial charge on any atom is 0.279 e. The third kappa shape index (κ3) is 2.57. The van der Waals surface area contributed by atoms with E-state index in [0.717, 1.165) is 0 Å². The molecule has 0 saturated carbocycles. The number of amides is 1. The third-order valence-electron chi connectivity index (χ3n) is 2.47. The number of hydrogen-bond donors (Lipinski definition) is 0. The Morgan fingerprint density at radius 1 is 1.21 bits per heavy atom. The minimum atomic E-state index is -0.300. The van der Waals surface area contributed by atoms with E-state index in [1.54, 1.807) is 46.4 Å². The quantitative estimate of drug-likeness (QED) is 0.691. The maximum absolute atomic E-state index is 11.9. The molecule has 0 atom stereocenters. The molecule has 0 aliphatic rings. The molecule has 4 nitrogen and oxygen atoms in total. The van der Waals surface area contributed by atoms with E-state index >= 15 is 0 Å². The van der Waals surface area contributed by atoms with Crippen molar-refractivity contribution in [3.8, 4) is 0 Å². The van der Waals surface area contributed by atoms with Crippen molar-refractivity contribution in [2.45, 2.75) is 0 Å². The summed E-state index contributed by atoms with van der Waals surface area (Å²) in [5.74, 6) is -0.300. The molecule has 0 unspecified atom stereocenters. The topological polar surface area (TPSA) is 46.7 Å². The lowest BCUT2D eigenvalue weighted by atomic mass is 10.2. The monoisotopic (exact) mass is 289 g/mol. The largest absolute Gasteiger partial charge is 0.279 e. The Kier molecular flexibility index (Phi) is 3.15. The Balaban J connectivity index is 2.04. The molecule has 1 amide bonds. The molecule has 0 N–H and O–H groups in total. The summed E-state index contributed by atoms with van der Waals surface area (Å²) in [5.41, 5.74) is 1.26. The highest BCUT2D eigenvalue weighted by atomic mass is 35.5. The van der Waals surface area contributed by atoms with Gasteiger partial charge in [-0.25, -0.2) is 0 Å². The van der Waals surface area contributed by atoms with Crippen molar-refractivity contribution in [1.82, 2.24) is 8.77 Å². The number of pyridine rings is 1. The van der Waals surface area contributed by atoms with E-state index in [4.69, 9.17) is 11.6 Å². The molecule has 3 aromatic rings. The molecule has 94 valence electrons. The minimum Gasteiger partial charge on any atom is -0.267 e. The smallest absolute Gasteiger partial charge is 0.267 e. The second-order valence-electron chi connectivity index (χ2n) is 3.80. The molecule has 2 heterocycles. The lowest BCUT2D eigenvalue weighted by Gasteiger charge is -1.90. The predicted molar refractivity (Wildman–Crippen MR) is 74.4 cm³/mol. The van der Waals surface area contributed by atoms with E-state index in [9.17, 15) is 4.79 Å². The number of aromatic nitrogens is 2. The van der Waals surface area contributed by atoms with Crippen molar-refractivity contribution in [2.24, 2.45) is 4.99 Å². The van der Waals surface area contributed by atoms with Crippen molar-refractivity contribution in [1.29, 1.82) is 0 Å². The Bertz CT molecular complexity index is 807. The Morgan fingerprint density at radius 2 is 2.00 bits per heavy atom. The van der Waals surface area contributed by atoms with Crippen LogP contribution < -0.4 is 4.80 Å². The first-order valence-electron chi connectivity index (χ1n) is 5.52. The maximum atomic E-state index is 11.9. The second kappa shape index (κ2) is 4.95. The van der Waals surface area contributed by atoms with E-state index < -0.39 is 0 Å². The predicted octanol–water partition coefficient (Wildman–Crippen LogP) is 2.79. The number of hydrogen-bond acceptors (Lipinski definition) is 3. The number of carbonyl (C=O) groups is 1. The zero-order chi connectivity index (χ0) is 13.2. The van der Waals surface area contributed by atoms with E-state index in [0.29, 0.717) is 21.0 Å². The van der Waals surface area contributed by atoms with Crippen LogP contribution in [-0.4, -0.2) is 14.7 Å². The Hall–Kier alpha value is -1.98. The van der Waals surface area contributed by atoms with E-state index in [-0.39, 0.29) is 5.91 Å². The summed E-state index contributed by atoms with van der Waals surface area (Å²) >= 11 is 7.16. The summed E-state index contributed by atoms with van der Waals surface area (Å²) in [6, 6.07) is 12.4. The summed E-state index contributed by atoms with van der Waals surface area (Å²) in [6.45, 7) is 0. The van der Waals surface area contributed by atoms with E-state index in [2.05, 4.69) is 9.98 Å². The van der Waals surface area contributed by atoms with Crippen LogP contribution in [-0.2, 0) is 0 Å². The van der Waals surface area contributed by atoms with Crippen molar-refractivity contribution < 1.29 is 4.79 Å². The Labute approximate surface area is 117 Å². The van der Waals surface area contributed by atoms with Crippen LogP contribution in [0.25, 0.3) is 5.65 Å². The highest BCUT2D eigenvalue weighted by Gasteiger charge is 2.04. The summed E-state index contributed by atoms with van der Waals surface area (Å²) in [4.78, 5) is 20.6. The third-order valence-corrected chi connectivity index (χ3v) is 3.52. The van der Waals surface area contributed by atoms with Gasteiger partial charge in [-0.1, -0.05) is 29.8 Å².